The second kappa shape index (κ2) is 11.3. The normalized spacial score (nSPS) is 13.0. The minimum absolute atomic E-state index is 0.156. The first-order chi connectivity index (χ1) is 15.5. The van der Waals surface area contributed by atoms with Gasteiger partial charge in [-0.05, 0) is 57.5 Å². The lowest BCUT2D eigenvalue weighted by Crippen LogP contribution is -2.30. The van der Waals surface area contributed by atoms with Crippen LogP contribution >= 0.6 is 11.3 Å². The van der Waals surface area contributed by atoms with E-state index in [2.05, 4.69) is 33.8 Å². The van der Waals surface area contributed by atoms with E-state index in [0.717, 1.165) is 36.7 Å². The molecule has 3 rings (SSSR count). The van der Waals surface area contributed by atoms with Crippen molar-refractivity contribution >= 4 is 34.5 Å². The van der Waals surface area contributed by atoms with Crippen LogP contribution in [-0.2, 0) is 22.6 Å². The van der Waals surface area contributed by atoms with E-state index in [4.69, 9.17) is 4.74 Å². The van der Waals surface area contributed by atoms with Crippen molar-refractivity contribution in [2.24, 2.45) is 0 Å². The first-order valence-electron chi connectivity index (χ1n) is 10.7. The predicted octanol–water partition coefficient (Wildman–Crippen LogP) is 1.92. The van der Waals surface area contributed by atoms with Crippen molar-refractivity contribution in [2.45, 2.75) is 39.8 Å². The summed E-state index contributed by atoms with van der Waals surface area (Å²) in [6, 6.07) is 9.96. The molecule has 1 fully saturated rings. The van der Waals surface area contributed by atoms with Gasteiger partial charge < -0.3 is 10.1 Å². The Bertz CT molecular complexity index is 1270. The first-order valence-corrected chi connectivity index (χ1v) is 11.5. The molecule has 8 heteroatoms. The SMILES string of the molecule is CCOC(=O)C(=C=c1sc(=C=CNc2cccc(CN3CCCC3)c2)c(=O)n1CC)C#N. The van der Waals surface area contributed by atoms with E-state index in [0.29, 0.717) is 15.7 Å². The van der Waals surface area contributed by atoms with Crippen LogP contribution in [0.4, 0.5) is 5.69 Å². The molecule has 2 aromatic rings. The highest BCUT2D eigenvalue weighted by Crippen LogP contribution is 2.16. The maximum absolute atomic E-state index is 12.7. The lowest BCUT2D eigenvalue weighted by atomic mass is 10.2. The molecule has 0 spiro atoms. The molecule has 0 atom stereocenters. The zero-order valence-corrected chi connectivity index (χ0v) is 19.1. The van der Waals surface area contributed by atoms with E-state index in [1.807, 2.05) is 19.1 Å². The third-order valence-corrected chi connectivity index (χ3v) is 6.01. The van der Waals surface area contributed by atoms with Crippen LogP contribution in [0.25, 0.3) is 11.5 Å². The molecule has 2 heterocycles. The number of nitrogens with zero attached hydrogens (tertiary/aromatic N) is 3. The number of carbonyl (C=O) groups is 1. The number of benzene rings is 1. The molecule has 32 heavy (non-hydrogen) atoms. The smallest absolute Gasteiger partial charge is 0.357 e. The van der Waals surface area contributed by atoms with Gasteiger partial charge in [0.05, 0.1) is 6.61 Å². The summed E-state index contributed by atoms with van der Waals surface area (Å²) >= 11 is 1.12. The maximum Gasteiger partial charge on any atom is 0.357 e. The molecular formula is C24H26N4O3S. The number of nitriles is 1. The van der Waals surface area contributed by atoms with Crippen LogP contribution in [-0.4, -0.2) is 35.1 Å². The van der Waals surface area contributed by atoms with Crippen LogP contribution in [0.15, 0.2) is 40.8 Å². The number of anilines is 1. The number of carbonyl (C=O) groups excluding carboxylic acids is 1. The highest BCUT2D eigenvalue weighted by atomic mass is 32.1. The van der Waals surface area contributed by atoms with Crippen molar-refractivity contribution in [3.8, 4) is 6.07 Å². The van der Waals surface area contributed by atoms with Gasteiger partial charge >= 0.3 is 5.97 Å². The molecular weight excluding hydrogens is 424 g/mol. The van der Waals surface area contributed by atoms with E-state index in [1.165, 1.54) is 23.0 Å². The molecule has 0 aliphatic carbocycles. The van der Waals surface area contributed by atoms with E-state index in [9.17, 15) is 14.9 Å². The summed E-state index contributed by atoms with van der Waals surface area (Å²) in [4.78, 5) is 27.0. The Labute approximate surface area is 190 Å². The van der Waals surface area contributed by atoms with E-state index >= 15 is 0 Å². The van der Waals surface area contributed by atoms with Gasteiger partial charge in [-0.2, -0.15) is 5.26 Å². The number of hydrogen-bond acceptors (Lipinski definition) is 7. The molecule has 0 bridgehead atoms. The average molecular weight is 451 g/mol. The van der Waals surface area contributed by atoms with Crippen molar-refractivity contribution in [1.29, 1.82) is 5.26 Å². The number of likely N-dealkylation sites (tertiary alicyclic amines) is 1. The van der Waals surface area contributed by atoms with E-state index in [-0.39, 0.29) is 17.7 Å². The number of thiazole rings is 1. The summed E-state index contributed by atoms with van der Waals surface area (Å²) in [6.07, 6.45) is 4.12. The largest absolute Gasteiger partial charge is 0.461 e. The summed E-state index contributed by atoms with van der Waals surface area (Å²) in [5.41, 5.74) is 7.35. The molecule has 166 valence electrons. The van der Waals surface area contributed by atoms with Crippen molar-refractivity contribution in [2.75, 3.05) is 25.0 Å². The van der Waals surface area contributed by atoms with Crippen molar-refractivity contribution < 1.29 is 9.53 Å². The van der Waals surface area contributed by atoms with E-state index < -0.39 is 5.97 Å². The molecule has 0 radical (unpaired) electrons. The zero-order chi connectivity index (χ0) is 22.9. The Morgan fingerprint density at radius 3 is 2.78 bits per heavy atom. The Hall–Kier alpha value is -3.33. The Kier molecular flexibility index (Phi) is 8.27. The first kappa shape index (κ1) is 23.3. The summed E-state index contributed by atoms with van der Waals surface area (Å²) < 4.78 is 7.05. The van der Waals surface area contributed by atoms with Crippen LogP contribution in [0, 0.1) is 11.3 Å². The molecule has 1 saturated heterocycles. The highest BCUT2D eigenvalue weighted by Gasteiger charge is 2.12. The third kappa shape index (κ3) is 5.88. The molecule has 1 N–H and O–H groups in total. The fourth-order valence-corrected chi connectivity index (χ4v) is 4.44. The second-order valence-electron chi connectivity index (χ2n) is 7.23. The Morgan fingerprint density at radius 2 is 2.09 bits per heavy atom. The van der Waals surface area contributed by atoms with Crippen LogP contribution in [0.5, 0.6) is 0 Å². The van der Waals surface area contributed by atoms with Crippen molar-refractivity contribution in [1.82, 2.24) is 9.47 Å². The van der Waals surface area contributed by atoms with Gasteiger partial charge in [-0.3, -0.25) is 14.3 Å². The highest BCUT2D eigenvalue weighted by molar-refractivity contribution is 7.07. The number of nitrogens with one attached hydrogen (secondary N) is 1. The quantitative estimate of drug-likeness (QED) is 0.394. The topological polar surface area (TPSA) is 87.4 Å². The lowest BCUT2D eigenvalue weighted by Gasteiger charge is -2.15. The molecule has 1 aliphatic heterocycles. The second-order valence-corrected chi connectivity index (χ2v) is 8.23. The number of esters is 1. The molecule has 0 saturated carbocycles. The minimum atomic E-state index is -0.755. The third-order valence-electron chi connectivity index (χ3n) is 5.00. The fourth-order valence-electron chi connectivity index (χ4n) is 3.46. The number of ether oxygens (including phenoxy) is 1. The number of aromatic nitrogens is 1. The molecule has 0 unspecified atom stereocenters. The monoisotopic (exact) mass is 450 g/mol. The molecule has 1 aromatic carbocycles. The zero-order valence-electron chi connectivity index (χ0n) is 18.3. The van der Waals surface area contributed by atoms with Crippen LogP contribution in [0.2, 0.25) is 0 Å². The van der Waals surface area contributed by atoms with Gasteiger partial charge in [0.25, 0.3) is 5.56 Å². The van der Waals surface area contributed by atoms with Crippen molar-refractivity contribution in [3.05, 3.63) is 61.2 Å². The summed E-state index contributed by atoms with van der Waals surface area (Å²) in [7, 11) is 0. The van der Waals surface area contributed by atoms with Crippen LogP contribution in [0.3, 0.4) is 0 Å². The number of hydrogen-bond donors (Lipinski definition) is 1. The van der Waals surface area contributed by atoms with Gasteiger partial charge in [0, 0.05) is 25.0 Å². The predicted molar refractivity (Wildman–Crippen MR) is 125 cm³/mol. The molecule has 7 nitrogen and oxygen atoms in total. The number of rotatable bonds is 7. The van der Waals surface area contributed by atoms with E-state index in [1.54, 1.807) is 19.2 Å². The van der Waals surface area contributed by atoms with Gasteiger partial charge in [0.1, 0.15) is 15.3 Å². The van der Waals surface area contributed by atoms with Gasteiger partial charge in [-0.1, -0.05) is 34.9 Å². The Balaban J connectivity index is 1.91. The van der Waals surface area contributed by atoms with Gasteiger partial charge in [0.15, 0.2) is 5.57 Å². The maximum atomic E-state index is 12.7. The summed E-state index contributed by atoms with van der Waals surface area (Å²) in [5, 5.41) is 12.4. The van der Waals surface area contributed by atoms with Crippen LogP contribution in [0.1, 0.15) is 32.3 Å². The Morgan fingerprint density at radius 1 is 1.31 bits per heavy atom. The standard InChI is InChI=1S/C24H26N4O3S/c1-3-28-22(15-19(16-25)24(30)31-4-2)32-21(23(28)29)10-11-26-20-9-7-8-18(14-20)17-27-12-5-6-13-27/h7-9,11,14,26H,3-6,12-13,17H2,1-2H3. The fraction of sp³-hybridized carbons (Fsp3) is 0.375. The van der Waals surface area contributed by atoms with Gasteiger partial charge in [-0.25, -0.2) is 4.79 Å². The summed E-state index contributed by atoms with van der Waals surface area (Å²) in [6.45, 7) is 7.23. The van der Waals surface area contributed by atoms with Gasteiger partial charge in [-0.15, -0.1) is 0 Å². The minimum Gasteiger partial charge on any atom is -0.461 e. The molecule has 1 aromatic heterocycles. The van der Waals surface area contributed by atoms with Gasteiger partial charge in [0.2, 0.25) is 0 Å². The molecule has 0 amide bonds. The lowest BCUT2D eigenvalue weighted by molar-refractivity contribution is -0.137. The summed E-state index contributed by atoms with van der Waals surface area (Å²) in [5.74, 6) is -0.755. The molecule has 1 aliphatic rings. The van der Waals surface area contributed by atoms with Crippen LogP contribution < -0.4 is 20.1 Å². The average Bonchev–Trinajstić information content (AvgIpc) is 3.40. The van der Waals surface area contributed by atoms with Crippen molar-refractivity contribution in [3.63, 3.8) is 0 Å².